The number of H-pyrrole nitrogens is 1. The van der Waals surface area contributed by atoms with Crippen molar-refractivity contribution in [3.05, 3.63) is 50.9 Å². The third-order valence-electron chi connectivity index (χ3n) is 3.94. The molecule has 23 heavy (non-hydrogen) atoms. The summed E-state index contributed by atoms with van der Waals surface area (Å²) in [6, 6.07) is 7.54. The Labute approximate surface area is 138 Å². The fourth-order valence-electron chi connectivity index (χ4n) is 2.48. The molecule has 1 atom stereocenters. The monoisotopic (exact) mass is 329 g/mol. The third-order valence-corrected chi connectivity index (χ3v) is 5.04. The van der Waals surface area contributed by atoms with Gasteiger partial charge in [0.1, 0.15) is 16.4 Å². The molecule has 0 unspecified atom stereocenters. The fraction of sp³-hybridized carbons (Fsp3) is 0.294. The Balaban J connectivity index is 1.91. The molecule has 0 fully saturated rings. The largest absolute Gasteiger partial charge is 0.497 e. The fourth-order valence-corrected chi connectivity index (χ4v) is 3.52. The third kappa shape index (κ3) is 2.94. The first-order valence-electron chi connectivity index (χ1n) is 7.40. The highest BCUT2D eigenvalue weighted by Crippen LogP contribution is 2.27. The molecular weight excluding hydrogens is 310 g/mol. The number of ether oxygens (including phenoxy) is 1. The zero-order valence-electron chi connectivity index (χ0n) is 13.6. The highest BCUT2D eigenvalue weighted by Gasteiger charge is 2.15. The molecule has 6 heteroatoms. The maximum absolute atomic E-state index is 12.3. The molecule has 0 saturated carbocycles. The second-order valence-electron chi connectivity index (χ2n) is 5.51. The smallest absolute Gasteiger partial charge is 0.259 e. The van der Waals surface area contributed by atoms with Crippen molar-refractivity contribution in [2.45, 2.75) is 26.8 Å². The minimum atomic E-state index is -0.108. The number of rotatable bonds is 4. The van der Waals surface area contributed by atoms with Crippen molar-refractivity contribution in [2.75, 3.05) is 12.4 Å². The van der Waals surface area contributed by atoms with E-state index in [4.69, 9.17) is 4.74 Å². The molecule has 0 radical (unpaired) electrons. The van der Waals surface area contributed by atoms with E-state index in [1.165, 1.54) is 0 Å². The van der Waals surface area contributed by atoms with Gasteiger partial charge in [-0.3, -0.25) is 4.79 Å². The van der Waals surface area contributed by atoms with Gasteiger partial charge in [0.05, 0.1) is 18.5 Å². The summed E-state index contributed by atoms with van der Waals surface area (Å²) in [5.41, 5.74) is 1.89. The van der Waals surface area contributed by atoms with Crippen LogP contribution in [-0.4, -0.2) is 17.1 Å². The average molecular weight is 329 g/mol. The van der Waals surface area contributed by atoms with Crippen molar-refractivity contribution in [2.24, 2.45) is 0 Å². The number of aryl methyl sites for hydroxylation is 2. The molecular formula is C17H19N3O2S. The predicted octanol–water partition coefficient (Wildman–Crippen LogP) is 3.78. The van der Waals surface area contributed by atoms with Gasteiger partial charge in [0.15, 0.2) is 0 Å². The second kappa shape index (κ2) is 6.04. The SMILES string of the molecule is COc1ccc(N[C@H](C)c2nc3sc(C)c(C)c3c(=O)[nH]2)cc1. The molecule has 0 aliphatic carbocycles. The molecule has 0 bridgehead atoms. The van der Waals surface area contributed by atoms with Crippen LogP contribution in [0.1, 0.15) is 29.2 Å². The minimum Gasteiger partial charge on any atom is -0.497 e. The van der Waals surface area contributed by atoms with Crippen molar-refractivity contribution < 1.29 is 4.74 Å². The molecule has 1 aromatic carbocycles. The Morgan fingerprint density at radius 3 is 2.61 bits per heavy atom. The number of methoxy groups -OCH3 is 1. The van der Waals surface area contributed by atoms with Crippen LogP contribution in [0.4, 0.5) is 5.69 Å². The first kappa shape index (κ1) is 15.6. The lowest BCUT2D eigenvalue weighted by Crippen LogP contribution is -2.17. The molecule has 2 heterocycles. The van der Waals surface area contributed by atoms with Crippen LogP contribution in [0.15, 0.2) is 29.1 Å². The lowest BCUT2D eigenvalue weighted by Gasteiger charge is -2.14. The Bertz CT molecular complexity index is 897. The topological polar surface area (TPSA) is 67.0 Å². The van der Waals surface area contributed by atoms with E-state index in [1.54, 1.807) is 18.4 Å². The van der Waals surface area contributed by atoms with E-state index in [0.29, 0.717) is 11.2 Å². The van der Waals surface area contributed by atoms with E-state index >= 15 is 0 Å². The van der Waals surface area contributed by atoms with Crippen molar-refractivity contribution >= 4 is 27.2 Å². The number of aromatic nitrogens is 2. The van der Waals surface area contributed by atoms with Crippen LogP contribution in [0.3, 0.4) is 0 Å². The second-order valence-corrected chi connectivity index (χ2v) is 6.71. The lowest BCUT2D eigenvalue weighted by molar-refractivity contribution is 0.415. The number of nitrogens with zero attached hydrogens (tertiary/aromatic N) is 1. The van der Waals surface area contributed by atoms with Crippen LogP contribution < -0.4 is 15.6 Å². The number of hydrogen-bond acceptors (Lipinski definition) is 5. The summed E-state index contributed by atoms with van der Waals surface area (Å²) in [7, 11) is 1.64. The van der Waals surface area contributed by atoms with Gasteiger partial charge in [-0.1, -0.05) is 0 Å². The lowest BCUT2D eigenvalue weighted by atomic mass is 10.2. The summed E-state index contributed by atoms with van der Waals surface area (Å²) in [5, 5.41) is 4.04. The van der Waals surface area contributed by atoms with Gasteiger partial charge in [0.2, 0.25) is 0 Å². The number of anilines is 1. The minimum absolute atomic E-state index is 0.0739. The van der Waals surface area contributed by atoms with Gasteiger partial charge >= 0.3 is 0 Å². The summed E-state index contributed by atoms with van der Waals surface area (Å²) in [6.07, 6.45) is 0. The number of benzene rings is 1. The van der Waals surface area contributed by atoms with Crippen molar-refractivity contribution in [1.82, 2.24) is 9.97 Å². The maximum atomic E-state index is 12.3. The number of thiophene rings is 1. The van der Waals surface area contributed by atoms with Crippen molar-refractivity contribution in [3.8, 4) is 5.75 Å². The Morgan fingerprint density at radius 1 is 1.26 bits per heavy atom. The van der Waals surface area contributed by atoms with Gasteiger partial charge < -0.3 is 15.0 Å². The molecule has 120 valence electrons. The molecule has 0 spiro atoms. The highest BCUT2D eigenvalue weighted by atomic mass is 32.1. The van der Waals surface area contributed by atoms with Crippen LogP contribution >= 0.6 is 11.3 Å². The van der Waals surface area contributed by atoms with E-state index in [2.05, 4.69) is 15.3 Å². The molecule has 3 aromatic rings. The Morgan fingerprint density at radius 2 is 1.96 bits per heavy atom. The van der Waals surface area contributed by atoms with Crippen molar-refractivity contribution in [3.63, 3.8) is 0 Å². The molecule has 0 amide bonds. The van der Waals surface area contributed by atoms with Crippen molar-refractivity contribution in [1.29, 1.82) is 0 Å². The van der Waals surface area contributed by atoms with Gasteiger partial charge in [-0.15, -0.1) is 11.3 Å². The summed E-state index contributed by atoms with van der Waals surface area (Å²) in [5.74, 6) is 1.44. The molecule has 0 saturated heterocycles. The van der Waals surface area contributed by atoms with Crippen LogP contribution in [0.5, 0.6) is 5.75 Å². The molecule has 2 aromatic heterocycles. The van der Waals surface area contributed by atoms with Gasteiger partial charge in [-0.05, 0) is 50.6 Å². The molecule has 5 nitrogen and oxygen atoms in total. The van der Waals surface area contributed by atoms with Gasteiger partial charge in [-0.25, -0.2) is 4.98 Å². The average Bonchev–Trinajstić information content (AvgIpc) is 2.83. The van der Waals surface area contributed by atoms with E-state index in [9.17, 15) is 4.79 Å². The van der Waals surface area contributed by atoms with E-state index in [1.807, 2.05) is 45.0 Å². The number of hydrogen-bond donors (Lipinski definition) is 2. The number of aromatic amines is 1. The first-order valence-corrected chi connectivity index (χ1v) is 8.21. The van der Waals surface area contributed by atoms with E-state index in [-0.39, 0.29) is 11.6 Å². The molecule has 0 aliphatic heterocycles. The van der Waals surface area contributed by atoms with E-state index < -0.39 is 0 Å². The van der Waals surface area contributed by atoms with Crippen LogP contribution in [0, 0.1) is 13.8 Å². The Kier molecular flexibility index (Phi) is 4.09. The van der Waals surface area contributed by atoms with E-state index in [0.717, 1.165) is 26.7 Å². The van der Waals surface area contributed by atoms with Gasteiger partial charge in [0.25, 0.3) is 5.56 Å². The van der Waals surface area contributed by atoms with Gasteiger partial charge in [-0.2, -0.15) is 0 Å². The standard InChI is InChI=1S/C17H19N3O2S/c1-9-11(3)23-17-14(9)16(21)19-15(20-17)10(2)18-12-5-7-13(22-4)8-6-12/h5-8,10,18H,1-4H3,(H,19,20,21)/t10-/m1/s1. The summed E-state index contributed by atoms with van der Waals surface area (Å²) in [6.45, 7) is 5.95. The summed E-state index contributed by atoms with van der Waals surface area (Å²) < 4.78 is 5.15. The molecule has 0 aliphatic rings. The maximum Gasteiger partial charge on any atom is 0.259 e. The quantitative estimate of drug-likeness (QED) is 0.764. The van der Waals surface area contributed by atoms with Crippen LogP contribution in [0.2, 0.25) is 0 Å². The summed E-state index contributed by atoms with van der Waals surface area (Å²) >= 11 is 1.56. The number of fused-ring (bicyclic) bond motifs is 1. The normalized spacial score (nSPS) is 12.3. The summed E-state index contributed by atoms with van der Waals surface area (Å²) in [4.78, 5) is 21.8. The predicted molar refractivity (Wildman–Crippen MR) is 94.7 cm³/mol. The zero-order chi connectivity index (χ0) is 16.6. The zero-order valence-corrected chi connectivity index (χ0v) is 14.4. The molecule has 3 rings (SSSR count). The van der Waals surface area contributed by atoms with Gasteiger partial charge in [0, 0.05) is 10.6 Å². The first-order chi connectivity index (χ1) is 11.0. The van der Waals surface area contributed by atoms with Crippen LogP contribution in [0.25, 0.3) is 10.2 Å². The highest BCUT2D eigenvalue weighted by molar-refractivity contribution is 7.18. The van der Waals surface area contributed by atoms with Crippen LogP contribution in [-0.2, 0) is 0 Å². The molecule has 2 N–H and O–H groups in total. The number of nitrogens with one attached hydrogen (secondary N) is 2. The Hall–Kier alpha value is -2.34.